The van der Waals surface area contributed by atoms with Crippen molar-refractivity contribution in [3.63, 3.8) is 0 Å². The Morgan fingerprint density at radius 1 is 1.37 bits per heavy atom. The van der Waals surface area contributed by atoms with E-state index < -0.39 is 5.97 Å². The monoisotopic (exact) mass is 261 g/mol. The summed E-state index contributed by atoms with van der Waals surface area (Å²) in [4.78, 5) is 12.3. The fourth-order valence-corrected chi connectivity index (χ4v) is 1.72. The molecule has 0 aliphatic heterocycles. The largest absolute Gasteiger partial charge is 0.481 e. The molecule has 0 saturated carbocycles. The lowest BCUT2D eigenvalue weighted by Gasteiger charge is -2.16. The maximum absolute atomic E-state index is 10.5. The van der Waals surface area contributed by atoms with Crippen molar-refractivity contribution >= 4 is 11.9 Å². The van der Waals surface area contributed by atoms with Crippen LogP contribution in [0.4, 0.5) is 5.95 Å². The quantitative estimate of drug-likeness (QED) is 0.833. The van der Waals surface area contributed by atoms with Gasteiger partial charge in [-0.3, -0.25) is 4.79 Å². The third kappa shape index (κ3) is 3.27. The minimum Gasteiger partial charge on any atom is -0.481 e. The number of carboxylic acids is 1. The average molecular weight is 261 g/mol. The van der Waals surface area contributed by atoms with Gasteiger partial charge in [0.25, 0.3) is 0 Å². The van der Waals surface area contributed by atoms with Crippen molar-refractivity contribution in [2.75, 3.05) is 18.5 Å². The summed E-state index contributed by atoms with van der Waals surface area (Å²) in [5, 5.41) is 20.2. The van der Waals surface area contributed by atoms with E-state index >= 15 is 0 Å². The first-order chi connectivity index (χ1) is 9.18. The Bertz CT molecular complexity index is 540. The van der Waals surface area contributed by atoms with Crippen molar-refractivity contribution in [1.82, 2.24) is 20.2 Å². The van der Waals surface area contributed by atoms with Crippen molar-refractivity contribution in [2.24, 2.45) is 0 Å². The SMILES string of the molecule is CN(CCCC(=O)O)c1nnnn1-c1ccccc1. The summed E-state index contributed by atoms with van der Waals surface area (Å²) in [5.74, 6) is -0.201. The molecule has 0 radical (unpaired) electrons. The standard InChI is InChI=1S/C12H15N5O2/c1-16(9-5-8-11(18)19)12-13-14-15-17(12)10-6-3-2-4-7-10/h2-4,6-7H,5,8-9H2,1H3,(H,18,19). The van der Waals surface area contributed by atoms with Crippen molar-refractivity contribution in [1.29, 1.82) is 0 Å². The van der Waals surface area contributed by atoms with Crippen LogP contribution in [0.25, 0.3) is 5.69 Å². The highest BCUT2D eigenvalue weighted by Crippen LogP contribution is 2.14. The van der Waals surface area contributed by atoms with E-state index in [4.69, 9.17) is 5.11 Å². The van der Waals surface area contributed by atoms with Crippen LogP contribution in [-0.2, 0) is 4.79 Å². The topological polar surface area (TPSA) is 84.1 Å². The van der Waals surface area contributed by atoms with Crippen LogP contribution in [0.1, 0.15) is 12.8 Å². The van der Waals surface area contributed by atoms with Gasteiger partial charge in [-0.15, -0.1) is 0 Å². The van der Waals surface area contributed by atoms with Crippen molar-refractivity contribution in [3.05, 3.63) is 30.3 Å². The average Bonchev–Trinajstić information content (AvgIpc) is 2.88. The lowest BCUT2D eigenvalue weighted by Crippen LogP contribution is -2.23. The number of aromatic nitrogens is 4. The van der Waals surface area contributed by atoms with E-state index in [1.165, 1.54) is 0 Å². The van der Waals surface area contributed by atoms with Gasteiger partial charge in [0, 0.05) is 20.0 Å². The van der Waals surface area contributed by atoms with E-state index in [1.54, 1.807) is 4.68 Å². The van der Waals surface area contributed by atoms with Crippen LogP contribution in [0.5, 0.6) is 0 Å². The number of rotatable bonds is 6. The first kappa shape index (κ1) is 13.0. The zero-order chi connectivity index (χ0) is 13.7. The lowest BCUT2D eigenvalue weighted by atomic mass is 10.3. The fraction of sp³-hybridized carbons (Fsp3) is 0.333. The molecule has 0 unspecified atom stereocenters. The predicted octanol–water partition coefficient (Wildman–Crippen LogP) is 0.963. The van der Waals surface area contributed by atoms with E-state index in [9.17, 15) is 4.79 Å². The van der Waals surface area contributed by atoms with Crippen molar-refractivity contribution in [3.8, 4) is 5.69 Å². The van der Waals surface area contributed by atoms with Crippen molar-refractivity contribution in [2.45, 2.75) is 12.8 Å². The maximum atomic E-state index is 10.5. The number of nitrogens with zero attached hydrogens (tertiary/aromatic N) is 5. The molecule has 2 rings (SSSR count). The highest BCUT2D eigenvalue weighted by atomic mass is 16.4. The van der Waals surface area contributed by atoms with Crippen LogP contribution in [0.2, 0.25) is 0 Å². The number of para-hydroxylation sites is 1. The molecule has 0 aliphatic carbocycles. The summed E-state index contributed by atoms with van der Waals surface area (Å²) in [6.45, 7) is 0.583. The molecule has 0 fully saturated rings. The molecule has 1 aromatic carbocycles. The summed E-state index contributed by atoms with van der Waals surface area (Å²) >= 11 is 0. The third-order valence-electron chi connectivity index (χ3n) is 2.68. The predicted molar refractivity (Wildman–Crippen MR) is 69.3 cm³/mol. The number of benzene rings is 1. The van der Waals surface area contributed by atoms with Crippen LogP contribution in [-0.4, -0.2) is 44.9 Å². The number of hydrogen-bond donors (Lipinski definition) is 1. The zero-order valence-corrected chi connectivity index (χ0v) is 10.6. The molecule has 7 nitrogen and oxygen atoms in total. The van der Waals surface area contributed by atoms with Crippen LogP contribution in [0.3, 0.4) is 0 Å². The van der Waals surface area contributed by atoms with Gasteiger partial charge in [0.1, 0.15) is 0 Å². The second-order valence-electron chi connectivity index (χ2n) is 4.15. The van der Waals surface area contributed by atoms with Gasteiger partial charge in [0.15, 0.2) is 0 Å². The van der Waals surface area contributed by atoms with Crippen LogP contribution >= 0.6 is 0 Å². The van der Waals surface area contributed by atoms with E-state index in [-0.39, 0.29) is 6.42 Å². The number of hydrogen-bond acceptors (Lipinski definition) is 5. The summed E-state index contributed by atoms with van der Waals surface area (Å²) < 4.78 is 1.63. The molecule has 19 heavy (non-hydrogen) atoms. The van der Waals surface area contributed by atoms with Gasteiger partial charge < -0.3 is 10.0 Å². The summed E-state index contributed by atoms with van der Waals surface area (Å²) in [5.41, 5.74) is 0.868. The van der Waals surface area contributed by atoms with Gasteiger partial charge in [0.2, 0.25) is 5.95 Å². The van der Waals surface area contributed by atoms with Crippen LogP contribution in [0.15, 0.2) is 30.3 Å². The third-order valence-corrected chi connectivity index (χ3v) is 2.68. The number of anilines is 1. The van der Waals surface area contributed by atoms with E-state index in [0.29, 0.717) is 18.9 Å². The van der Waals surface area contributed by atoms with E-state index in [2.05, 4.69) is 15.5 Å². The Hall–Kier alpha value is -2.44. The highest BCUT2D eigenvalue weighted by molar-refractivity contribution is 5.66. The van der Waals surface area contributed by atoms with Gasteiger partial charge in [-0.1, -0.05) is 23.3 Å². The molecule has 0 atom stereocenters. The van der Waals surface area contributed by atoms with E-state index in [1.807, 2.05) is 42.3 Å². The van der Waals surface area contributed by atoms with Gasteiger partial charge in [-0.05, 0) is 29.0 Å². The molecule has 1 heterocycles. The maximum Gasteiger partial charge on any atom is 0.303 e. The first-order valence-electron chi connectivity index (χ1n) is 5.95. The van der Waals surface area contributed by atoms with Gasteiger partial charge in [-0.2, -0.15) is 4.68 Å². The number of carbonyl (C=O) groups is 1. The van der Waals surface area contributed by atoms with Crippen LogP contribution in [0, 0.1) is 0 Å². The van der Waals surface area contributed by atoms with E-state index in [0.717, 1.165) is 5.69 Å². The minimum absolute atomic E-state index is 0.136. The summed E-state index contributed by atoms with van der Waals surface area (Å²) in [7, 11) is 1.84. The summed E-state index contributed by atoms with van der Waals surface area (Å²) in [6, 6.07) is 9.55. The van der Waals surface area contributed by atoms with Gasteiger partial charge >= 0.3 is 5.97 Å². The smallest absolute Gasteiger partial charge is 0.303 e. The lowest BCUT2D eigenvalue weighted by molar-refractivity contribution is -0.137. The molecule has 0 bridgehead atoms. The molecule has 7 heteroatoms. The summed E-state index contributed by atoms with van der Waals surface area (Å²) in [6.07, 6.45) is 0.685. The van der Waals surface area contributed by atoms with Crippen molar-refractivity contribution < 1.29 is 9.90 Å². The number of aliphatic carboxylic acids is 1. The highest BCUT2D eigenvalue weighted by Gasteiger charge is 2.12. The Balaban J connectivity index is 2.09. The molecule has 1 aromatic heterocycles. The zero-order valence-electron chi connectivity index (χ0n) is 10.6. The number of carboxylic acid groups (broad SMARTS) is 1. The normalized spacial score (nSPS) is 10.4. The Kier molecular flexibility index (Phi) is 4.07. The van der Waals surface area contributed by atoms with Crippen LogP contribution < -0.4 is 4.90 Å². The Morgan fingerprint density at radius 2 is 2.11 bits per heavy atom. The Morgan fingerprint density at radius 3 is 2.79 bits per heavy atom. The Labute approximate surface area is 110 Å². The second kappa shape index (κ2) is 5.94. The molecular formula is C12H15N5O2. The molecule has 1 N–H and O–H groups in total. The molecular weight excluding hydrogens is 246 g/mol. The molecule has 0 saturated heterocycles. The van der Waals surface area contributed by atoms with Gasteiger partial charge in [-0.25, -0.2) is 0 Å². The first-order valence-corrected chi connectivity index (χ1v) is 5.95. The minimum atomic E-state index is -0.795. The van der Waals surface area contributed by atoms with Gasteiger partial charge in [0.05, 0.1) is 5.69 Å². The molecule has 0 amide bonds. The molecule has 100 valence electrons. The second-order valence-corrected chi connectivity index (χ2v) is 4.15. The number of tetrazole rings is 1. The fourth-order valence-electron chi connectivity index (χ4n) is 1.72. The molecule has 0 aliphatic rings. The molecule has 2 aromatic rings. The molecule has 0 spiro atoms.